The molecule has 5 rings (SSSR count). The summed E-state index contributed by atoms with van der Waals surface area (Å²) in [6.45, 7) is 1.30. The fourth-order valence-corrected chi connectivity index (χ4v) is 4.74. The fourth-order valence-electron chi connectivity index (χ4n) is 4.74. The van der Waals surface area contributed by atoms with Crippen LogP contribution in [0.1, 0.15) is 27.9 Å². The molecular weight excluding hydrogens is 522 g/mol. The number of aromatic nitrogens is 2. The number of nitrogens with zero attached hydrogens (tertiary/aromatic N) is 3. The van der Waals surface area contributed by atoms with Crippen LogP contribution in [0.25, 0.3) is 17.0 Å². The standard InChI is InChI=1S/C28H22F6N4O/c29-22-6-3-17(12-23(22)30)2-1-10-37-11-8-24-21(16-37)20-5-4-19(28(32,33)34)14-25(20)38(24)27(39)36-15-18-7-9-35-26(31)13-18/h1-7,9,12-14H,8,10-11,15-16H2,(H,36,39). The molecule has 0 aliphatic carbocycles. The van der Waals surface area contributed by atoms with Crippen LogP contribution in [0.2, 0.25) is 0 Å². The molecule has 0 saturated heterocycles. The highest BCUT2D eigenvalue weighted by atomic mass is 19.4. The van der Waals surface area contributed by atoms with Crippen molar-refractivity contribution in [2.24, 2.45) is 0 Å². The van der Waals surface area contributed by atoms with Crippen molar-refractivity contribution in [3.8, 4) is 0 Å². The summed E-state index contributed by atoms with van der Waals surface area (Å²) in [4.78, 5) is 18.8. The molecule has 1 aliphatic rings. The molecule has 0 unspecified atom stereocenters. The Morgan fingerprint density at radius 1 is 1.03 bits per heavy atom. The van der Waals surface area contributed by atoms with E-state index in [2.05, 4.69) is 10.3 Å². The Hall–Kier alpha value is -4.12. The Labute approximate surface area is 219 Å². The predicted molar refractivity (Wildman–Crippen MR) is 133 cm³/mol. The molecule has 202 valence electrons. The Bertz CT molecular complexity index is 1580. The normalized spacial score (nSPS) is 14.2. The zero-order valence-corrected chi connectivity index (χ0v) is 20.4. The summed E-state index contributed by atoms with van der Waals surface area (Å²) < 4.78 is 81.9. The number of pyridine rings is 1. The second-order valence-electron chi connectivity index (χ2n) is 9.20. The van der Waals surface area contributed by atoms with Crippen LogP contribution in [-0.4, -0.2) is 33.6 Å². The van der Waals surface area contributed by atoms with Crippen molar-refractivity contribution in [3.63, 3.8) is 0 Å². The predicted octanol–water partition coefficient (Wildman–Crippen LogP) is 6.30. The monoisotopic (exact) mass is 544 g/mol. The topological polar surface area (TPSA) is 50.2 Å². The first-order valence-electron chi connectivity index (χ1n) is 12.1. The van der Waals surface area contributed by atoms with Crippen LogP contribution >= 0.6 is 0 Å². The molecule has 5 nitrogen and oxygen atoms in total. The molecule has 0 fully saturated rings. The van der Waals surface area contributed by atoms with Gasteiger partial charge < -0.3 is 5.32 Å². The molecule has 11 heteroatoms. The van der Waals surface area contributed by atoms with E-state index in [1.165, 1.54) is 29.0 Å². The van der Waals surface area contributed by atoms with Crippen LogP contribution in [0.5, 0.6) is 0 Å². The smallest absolute Gasteiger partial charge is 0.333 e. The molecule has 4 aromatic rings. The van der Waals surface area contributed by atoms with E-state index in [1.807, 2.05) is 4.90 Å². The Balaban J connectivity index is 1.42. The number of halogens is 6. The number of fused-ring (bicyclic) bond motifs is 3. The highest BCUT2D eigenvalue weighted by Crippen LogP contribution is 2.36. The Kier molecular flexibility index (Phi) is 7.17. The lowest BCUT2D eigenvalue weighted by Crippen LogP contribution is -2.34. The first kappa shape index (κ1) is 26.5. The third-order valence-corrected chi connectivity index (χ3v) is 6.61. The number of alkyl halides is 3. The minimum absolute atomic E-state index is 0.0351. The van der Waals surface area contributed by atoms with E-state index in [4.69, 9.17) is 0 Å². The van der Waals surface area contributed by atoms with E-state index < -0.39 is 35.4 Å². The molecule has 0 saturated carbocycles. The average molecular weight is 544 g/mol. The zero-order chi connectivity index (χ0) is 27.7. The van der Waals surface area contributed by atoms with Crippen LogP contribution < -0.4 is 5.32 Å². The average Bonchev–Trinajstić information content (AvgIpc) is 3.22. The number of carbonyl (C=O) groups excluding carboxylic acids is 1. The van der Waals surface area contributed by atoms with Gasteiger partial charge in [-0.15, -0.1) is 0 Å². The van der Waals surface area contributed by atoms with Crippen molar-refractivity contribution in [2.45, 2.75) is 25.7 Å². The van der Waals surface area contributed by atoms with E-state index >= 15 is 0 Å². The molecule has 39 heavy (non-hydrogen) atoms. The number of hydrogen-bond acceptors (Lipinski definition) is 3. The maximum Gasteiger partial charge on any atom is 0.416 e. The number of hydrogen-bond donors (Lipinski definition) is 1. The molecular formula is C28H22F6N4O. The fraction of sp³-hybridized carbons (Fsp3) is 0.214. The van der Waals surface area contributed by atoms with E-state index in [-0.39, 0.29) is 12.1 Å². The van der Waals surface area contributed by atoms with E-state index in [0.717, 1.165) is 35.9 Å². The molecule has 0 radical (unpaired) electrons. The highest BCUT2D eigenvalue weighted by molar-refractivity contribution is 5.96. The van der Waals surface area contributed by atoms with Crippen molar-refractivity contribution in [3.05, 3.63) is 106 Å². The number of amides is 1. The SMILES string of the molecule is O=C(NCc1ccnc(F)c1)n1c2c(c3ccc(C(F)(F)F)cc31)CN(CC=Cc1ccc(F)c(F)c1)CC2. The molecule has 0 spiro atoms. The van der Waals surface area contributed by atoms with Gasteiger partial charge in [0.1, 0.15) is 0 Å². The number of nitrogens with one attached hydrogen (secondary N) is 1. The second kappa shape index (κ2) is 10.6. The largest absolute Gasteiger partial charge is 0.416 e. The number of rotatable bonds is 5. The van der Waals surface area contributed by atoms with Gasteiger partial charge in [0.15, 0.2) is 11.6 Å². The van der Waals surface area contributed by atoms with Crippen molar-refractivity contribution >= 4 is 23.0 Å². The van der Waals surface area contributed by atoms with Crippen molar-refractivity contribution in [1.29, 1.82) is 0 Å². The number of benzene rings is 2. The zero-order valence-electron chi connectivity index (χ0n) is 20.4. The lowest BCUT2D eigenvalue weighted by atomic mass is 10.0. The Morgan fingerprint density at radius 2 is 1.85 bits per heavy atom. The summed E-state index contributed by atoms with van der Waals surface area (Å²) in [6, 6.07) is 8.99. The van der Waals surface area contributed by atoms with Gasteiger partial charge in [-0.2, -0.15) is 17.6 Å². The van der Waals surface area contributed by atoms with Crippen molar-refractivity contribution in [1.82, 2.24) is 19.8 Å². The van der Waals surface area contributed by atoms with Crippen LogP contribution in [-0.2, 0) is 25.7 Å². The van der Waals surface area contributed by atoms with Crippen LogP contribution in [0.3, 0.4) is 0 Å². The molecule has 0 atom stereocenters. The molecule has 0 bridgehead atoms. The van der Waals surface area contributed by atoms with E-state index in [1.54, 1.807) is 12.2 Å². The molecule has 1 amide bonds. The first-order valence-corrected chi connectivity index (χ1v) is 12.1. The van der Waals surface area contributed by atoms with Gasteiger partial charge in [0.05, 0.1) is 11.1 Å². The summed E-state index contributed by atoms with van der Waals surface area (Å²) in [6.07, 6.45) is 0.508. The second-order valence-corrected chi connectivity index (χ2v) is 9.20. The minimum atomic E-state index is -4.59. The third kappa shape index (κ3) is 5.68. The maximum absolute atomic E-state index is 13.5. The van der Waals surface area contributed by atoms with Gasteiger partial charge in [-0.05, 0) is 53.1 Å². The summed E-state index contributed by atoms with van der Waals surface area (Å²) in [5, 5.41) is 3.19. The van der Waals surface area contributed by atoms with Crippen LogP contribution in [0.15, 0.2) is 60.8 Å². The Morgan fingerprint density at radius 3 is 2.59 bits per heavy atom. The van der Waals surface area contributed by atoms with Gasteiger partial charge in [0.25, 0.3) is 0 Å². The van der Waals surface area contributed by atoms with Gasteiger partial charge in [-0.1, -0.05) is 24.3 Å². The van der Waals surface area contributed by atoms with Crippen LogP contribution in [0, 0.1) is 17.6 Å². The third-order valence-electron chi connectivity index (χ3n) is 6.61. The molecule has 1 aliphatic heterocycles. The quantitative estimate of drug-likeness (QED) is 0.237. The molecule has 3 heterocycles. The van der Waals surface area contributed by atoms with Gasteiger partial charge in [0, 0.05) is 49.9 Å². The maximum atomic E-state index is 13.5. The van der Waals surface area contributed by atoms with Crippen LogP contribution in [0.4, 0.5) is 31.1 Å². The van der Waals surface area contributed by atoms with E-state index in [0.29, 0.717) is 48.3 Å². The summed E-state index contributed by atoms with van der Waals surface area (Å²) >= 11 is 0. The van der Waals surface area contributed by atoms with Crippen molar-refractivity contribution < 1.29 is 31.1 Å². The van der Waals surface area contributed by atoms with Gasteiger partial charge in [-0.25, -0.2) is 18.6 Å². The van der Waals surface area contributed by atoms with E-state index in [9.17, 15) is 31.1 Å². The van der Waals surface area contributed by atoms with Gasteiger partial charge >= 0.3 is 12.2 Å². The summed E-state index contributed by atoms with van der Waals surface area (Å²) in [5.74, 6) is -2.59. The number of carbonyl (C=O) groups is 1. The molecule has 1 N–H and O–H groups in total. The lowest BCUT2D eigenvalue weighted by molar-refractivity contribution is -0.137. The highest BCUT2D eigenvalue weighted by Gasteiger charge is 2.33. The summed E-state index contributed by atoms with van der Waals surface area (Å²) in [7, 11) is 0. The first-order chi connectivity index (χ1) is 18.6. The molecule has 2 aromatic heterocycles. The van der Waals surface area contributed by atoms with Crippen molar-refractivity contribution in [2.75, 3.05) is 13.1 Å². The minimum Gasteiger partial charge on any atom is -0.333 e. The van der Waals surface area contributed by atoms with Gasteiger partial charge in [0.2, 0.25) is 5.95 Å². The molecule has 2 aromatic carbocycles. The lowest BCUT2D eigenvalue weighted by Gasteiger charge is -2.27. The van der Waals surface area contributed by atoms with Gasteiger partial charge in [-0.3, -0.25) is 9.47 Å². The summed E-state index contributed by atoms with van der Waals surface area (Å²) in [5.41, 5.74) is 1.54.